The molecule has 1 unspecified atom stereocenters. The number of hydrogen-bond acceptors (Lipinski definition) is 6. The lowest BCUT2D eigenvalue weighted by atomic mass is 9.97. The number of rotatable bonds is 5. The Morgan fingerprint density at radius 3 is 2.78 bits per heavy atom. The first-order chi connectivity index (χ1) is 13.1. The van der Waals surface area contributed by atoms with Crippen LogP contribution in [0.15, 0.2) is 36.4 Å². The van der Waals surface area contributed by atoms with E-state index < -0.39 is 5.97 Å². The number of benzene rings is 1. The monoisotopic (exact) mass is 368 g/mol. The van der Waals surface area contributed by atoms with Gasteiger partial charge in [0.1, 0.15) is 6.54 Å². The largest absolute Gasteiger partial charge is 0.468 e. The summed E-state index contributed by atoms with van der Waals surface area (Å²) >= 11 is 0. The minimum absolute atomic E-state index is 0.106. The standard InChI is InChI=1S/C20H24N4O3/c1-14-11-17(15-7-4-3-5-8-15)23-20(22-14)24-10-6-9-16(13-24)19(26)21-12-18(25)27-2/h3-5,7-8,11,16H,6,9-10,12-13H2,1-2H3,(H,21,26). The molecule has 142 valence electrons. The van der Waals surface area contributed by atoms with Crippen molar-refractivity contribution < 1.29 is 14.3 Å². The summed E-state index contributed by atoms with van der Waals surface area (Å²) in [5.74, 6) is -0.154. The molecule has 2 aromatic rings. The summed E-state index contributed by atoms with van der Waals surface area (Å²) in [6, 6.07) is 11.9. The summed E-state index contributed by atoms with van der Waals surface area (Å²) in [7, 11) is 1.30. The van der Waals surface area contributed by atoms with Gasteiger partial charge in [0.15, 0.2) is 0 Å². The van der Waals surface area contributed by atoms with Crippen LogP contribution in [0.25, 0.3) is 11.3 Å². The summed E-state index contributed by atoms with van der Waals surface area (Å²) in [5.41, 5.74) is 2.79. The van der Waals surface area contributed by atoms with Gasteiger partial charge in [0, 0.05) is 24.3 Å². The Bertz CT molecular complexity index is 810. The molecule has 1 aromatic carbocycles. The van der Waals surface area contributed by atoms with Gasteiger partial charge in [-0.05, 0) is 25.8 Å². The molecule has 0 bridgehead atoms. The van der Waals surface area contributed by atoms with E-state index in [4.69, 9.17) is 4.98 Å². The minimum Gasteiger partial charge on any atom is -0.468 e. The minimum atomic E-state index is -0.453. The first-order valence-corrected chi connectivity index (χ1v) is 9.07. The van der Waals surface area contributed by atoms with Gasteiger partial charge in [0.2, 0.25) is 11.9 Å². The molecular formula is C20H24N4O3. The maximum Gasteiger partial charge on any atom is 0.325 e. The third-order valence-corrected chi connectivity index (χ3v) is 4.62. The second-order valence-electron chi connectivity index (χ2n) is 6.64. The number of anilines is 1. The molecule has 3 rings (SSSR count). The number of carbonyl (C=O) groups excluding carboxylic acids is 2. The number of aromatic nitrogens is 2. The van der Waals surface area contributed by atoms with Gasteiger partial charge in [-0.15, -0.1) is 0 Å². The highest BCUT2D eigenvalue weighted by atomic mass is 16.5. The molecule has 0 spiro atoms. The number of amides is 1. The van der Waals surface area contributed by atoms with E-state index in [2.05, 4.69) is 15.0 Å². The molecule has 1 aromatic heterocycles. The number of esters is 1. The van der Waals surface area contributed by atoms with Crippen LogP contribution < -0.4 is 10.2 Å². The Balaban J connectivity index is 1.73. The van der Waals surface area contributed by atoms with Gasteiger partial charge in [-0.1, -0.05) is 30.3 Å². The first-order valence-electron chi connectivity index (χ1n) is 9.07. The maximum atomic E-state index is 12.4. The second-order valence-corrected chi connectivity index (χ2v) is 6.64. The molecule has 1 amide bonds. The first kappa shape index (κ1) is 18.8. The predicted octanol–water partition coefficient (Wildman–Crippen LogP) is 1.96. The van der Waals surface area contributed by atoms with Gasteiger partial charge in [0.05, 0.1) is 18.7 Å². The molecular weight excluding hydrogens is 344 g/mol. The number of hydrogen-bond donors (Lipinski definition) is 1. The van der Waals surface area contributed by atoms with Gasteiger partial charge >= 0.3 is 5.97 Å². The fraction of sp³-hybridized carbons (Fsp3) is 0.400. The number of aryl methyl sites for hydroxylation is 1. The summed E-state index contributed by atoms with van der Waals surface area (Å²) in [4.78, 5) is 34.9. The number of ether oxygens (including phenoxy) is 1. The predicted molar refractivity (Wildman–Crippen MR) is 102 cm³/mol. The van der Waals surface area contributed by atoms with Crippen LogP contribution in [-0.2, 0) is 14.3 Å². The van der Waals surface area contributed by atoms with Crippen LogP contribution in [0.3, 0.4) is 0 Å². The maximum absolute atomic E-state index is 12.4. The summed E-state index contributed by atoms with van der Waals surface area (Å²) in [6.45, 7) is 3.18. The van der Waals surface area contributed by atoms with E-state index in [0.29, 0.717) is 12.5 Å². The Morgan fingerprint density at radius 1 is 1.26 bits per heavy atom. The van der Waals surface area contributed by atoms with E-state index in [1.54, 1.807) is 0 Å². The molecule has 1 aliphatic heterocycles. The molecule has 7 nitrogen and oxygen atoms in total. The van der Waals surface area contributed by atoms with Crippen molar-refractivity contribution in [3.05, 3.63) is 42.1 Å². The van der Waals surface area contributed by atoms with Crippen LogP contribution in [0.1, 0.15) is 18.5 Å². The molecule has 7 heteroatoms. The number of nitrogens with one attached hydrogen (secondary N) is 1. The zero-order valence-corrected chi connectivity index (χ0v) is 15.6. The summed E-state index contributed by atoms with van der Waals surface area (Å²) in [5, 5.41) is 2.64. The van der Waals surface area contributed by atoms with Crippen LogP contribution in [0.2, 0.25) is 0 Å². The lowest BCUT2D eigenvalue weighted by Gasteiger charge is -2.32. The van der Waals surface area contributed by atoms with Gasteiger partial charge < -0.3 is 15.0 Å². The highest BCUT2D eigenvalue weighted by molar-refractivity contribution is 5.84. The van der Waals surface area contributed by atoms with E-state index in [0.717, 1.165) is 36.3 Å². The van der Waals surface area contributed by atoms with E-state index >= 15 is 0 Å². The molecule has 0 aliphatic carbocycles. The zero-order chi connectivity index (χ0) is 19.2. The molecule has 1 N–H and O–H groups in total. The Kier molecular flexibility index (Phi) is 6.01. The Hall–Kier alpha value is -2.96. The summed E-state index contributed by atoms with van der Waals surface area (Å²) < 4.78 is 4.56. The van der Waals surface area contributed by atoms with Gasteiger partial charge in [0.25, 0.3) is 0 Å². The number of piperidine rings is 1. The van der Waals surface area contributed by atoms with E-state index in [-0.39, 0.29) is 18.4 Å². The van der Waals surface area contributed by atoms with Crippen molar-refractivity contribution in [1.82, 2.24) is 15.3 Å². The van der Waals surface area contributed by atoms with Crippen LogP contribution in [-0.4, -0.2) is 48.6 Å². The van der Waals surface area contributed by atoms with Crippen LogP contribution >= 0.6 is 0 Å². The van der Waals surface area contributed by atoms with Gasteiger partial charge in [-0.25, -0.2) is 9.97 Å². The highest BCUT2D eigenvalue weighted by Crippen LogP contribution is 2.24. The second kappa shape index (κ2) is 8.62. The quantitative estimate of drug-likeness (QED) is 0.812. The van der Waals surface area contributed by atoms with Crippen molar-refractivity contribution in [2.24, 2.45) is 5.92 Å². The van der Waals surface area contributed by atoms with Crippen molar-refractivity contribution in [3.8, 4) is 11.3 Å². The van der Waals surface area contributed by atoms with Crippen molar-refractivity contribution >= 4 is 17.8 Å². The molecule has 0 radical (unpaired) electrons. The Labute approximate surface area is 158 Å². The SMILES string of the molecule is COC(=O)CNC(=O)C1CCCN(c2nc(C)cc(-c3ccccc3)n2)C1. The van der Waals surface area contributed by atoms with E-state index in [1.807, 2.05) is 48.2 Å². The Morgan fingerprint density at radius 2 is 2.04 bits per heavy atom. The van der Waals surface area contributed by atoms with Crippen LogP contribution in [0, 0.1) is 12.8 Å². The van der Waals surface area contributed by atoms with Crippen molar-refractivity contribution in [3.63, 3.8) is 0 Å². The molecule has 1 aliphatic rings. The van der Waals surface area contributed by atoms with Crippen LogP contribution in [0.4, 0.5) is 5.95 Å². The normalized spacial score (nSPS) is 16.7. The third kappa shape index (κ3) is 4.81. The molecule has 2 heterocycles. The third-order valence-electron chi connectivity index (χ3n) is 4.62. The zero-order valence-electron chi connectivity index (χ0n) is 15.6. The van der Waals surface area contributed by atoms with Crippen molar-refractivity contribution in [2.75, 3.05) is 31.6 Å². The topological polar surface area (TPSA) is 84.4 Å². The number of nitrogens with zero attached hydrogens (tertiary/aromatic N) is 3. The molecule has 1 atom stereocenters. The van der Waals surface area contributed by atoms with E-state index in [9.17, 15) is 9.59 Å². The number of carbonyl (C=O) groups is 2. The van der Waals surface area contributed by atoms with Crippen LogP contribution in [0.5, 0.6) is 0 Å². The summed E-state index contributed by atoms with van der Waals surface area (Å²) in [6.07, 6.45) is 1.65. The molecule has 1 fully saturated rings. The van der Waals surface area contributed by atoms with Crippen molar-refractivity contribution in [1.29, 1.82) is 0 Å². The highest BCUT2D eigenvalue weighted by Gasteiger charge is 2.27. The van der Waals surface area contributed by atoms with E-state index in [1.165, 1.54) is 7.11 Å². The molecule has 27 heavy (non-hydrogen) atoms. The van der Waals surface area contributed by atoms with Crippen molar-refractivity contribution in [2.45, 2.75) is 19.8 Å². The average molecular weight is 368 g/mol. The molecule has 0 saturated carbocycles. The van der Waals surface area contributed by atoms with Gasteiger partial charge in [-0.3, -0.25) is 9.59 Å². The molecule has 1 saturated heterocycles. The number of methoxy groups -OCH3 is 1. The van der Waals surface area contributed by atoms with Gasteiger partial charge in [-0.2, -0.15) is 0 Å². The fourth-order valence-electron chi connectivity index (χ4n) is 3.20. The lowest BCUT2D eigenvalue weighted by molar-refractivity contribution is -0.141. The fourth-order valence-corrected chi connectivity index (χ4v) is 3.20. The smallest absolute Gasteiger partial charge is 0.325 e. The lowest BCUT2D eigenvalue weighted by Crippen LogP contribution is -2.44. The average Bonchev–Trinajstić information content (AvgIpc) is 2.72.